The highest BCUT2D eigenvalue weighted by Crippen LogP contribution is 2.32. The van der Waals surface area contributed by atoms with E-state index < -0.39 is 0 Å². The molecule has 0 fully saturated rings. The summed E-state index contributed by atoms with van der Waals surface area (Å²) in [5.74, 6) is -0.0410. The first-order chi connectivity index (χ1) is 13.1. The lowest BCUT2D eigenvalue weighted by molar-refractivity contribution is 0.0985. The summed E-state index contributed by atoms with van der Waals surface area (Å²) in [6.45, 7) is 2.47. The molecule has 1 amide bonds. The van der Waals surface area contributed by atoms with Gasteiger partial charge in [-0.15, -0.1) is 0 Å². The minimum atomic E-state index is -0.0410. The zero-order valence-corrected chi connectivity index (χ0v) is 17.1. The third-order valence-corrected chi connectivity index (χ3v) is 5.80. The van der Waals surface area contributed by atoms with Crippen LogP contribution < -0.4 is 4.90 Å². The molecule has 0 saturated heterocycles. The summed E-state index contributed by atoms with van der Waals surface area (Å²) < 4.78 is 2.05. The fraction of sp³-hybridized carbons (Fsp3) is 0.0909. The van der Waals surface area contributed by atoms with Crippen LogP contribution in [0.25, 0.3) is 10.2 Å². The van der Waals surface area contributed by atoms with Gasteiger partial charge >= 0.3 is 0 Å². The number of nitrogens with zero attached hydrogens (tertiary/aromatic N) is 2. The summed E-state index contributed by atoms with van der Waals surface area (Å²) in [6, 6.07) is 23.7. The van der Waals surface area contributed by atoms with Crippen LogP contribution in [0.15, 0.2) is 77.3 Å². The lowest BCUT2D eigenvalue weighted by Gasteiger charge is -2.20. The van der Waals surface area contributed by atoms with E-state index >= 15 is 0 Å². The van der Waals surface area contributed by atoms with Crippen molar-refractivity contribution in [2.24, 2.45) is 0 Å². The second-order valence-corrected chi connectivity index (χ2v) is 8.28. The molecule has 0 radical (unpaired) electrons. The minimum absolute atomic E-state index is 0.0410. The summed E-state index contributed by atoms with van der Waals surface area (Å²) in [6.07, 6.45) is 0. The van der Waals surface area contributed by atoms with Crippen molar-refractivity contribution >= 4 is 48.5 Å². The van der Waals surface area contributed by atoms with Crippen LogP contribution in [0.1, 0.15) is 21.5 Å². The number of benzene rings is 3. The SMILES string of the molecule is Cc1cccc(C(=O)N(Cc2ccccc2)c2nc3ccc(Br)cc3s2)c1. The third-order valence-electron chi connectivity index (χ3n) is 4.26. The molecule has 27 heavy (non-hydrogen) atoms. The van der Waals surface area contributed by atoms with E-state index in [1.54, 1.807) is 4.90 Å². The number of carbonyl (C=O) groups is 1. The zero-order chi connectivity index (χ0) is 18.8. The van der Waals surface area contributed by atoms with Crippen LogP contribution in [-0.4, -0.2) is 10.9 Å². The van der Waals surface area contributed by atoms with Crippen molar-refractivity contribution in [1.29, 1.82) is 0 Å². The standard InChI is InChI=1S/C22H17BrN2OS/c1-15-6-5-9-17(12-15)21(26)25(14-16-7-3-2-4-8-16)22-24-19-11-10-18(23)13-20(19)27-22/h2-13H,14H2,1H3. The van der Waals surface area contributed by atoms with Crippen LogP contribution in [0, 0.1) is 6.92 Å². The van der Waals surface area contributed by atoms with Crippen LogP contribution in [0.5, 0.6) is 0 Å². The van der Waals surface area contributed by atoms with Crippen molar-refractivity contribution in [2.75, 3.05) is 4.90 Å². The number of amides is 1. The van der Waals surface area contributed by atoms with Crippen LogP contribution in [-0.2, 0) is 6.54 Å². The minimum Gasteiger partial charge on any atom is -0.279 e. The Morgan fingerprint density at radius 2 is 1.85 bits per heavy atom. The first-order valence-electron chi connectivity index (χ1n) is 8.59. The van der Waals surface area contributed by atoms with E-state index in [-0.39, 0.29) is 5.91 Å². The fourth-order valence-electron chi connectivity index (χ4n) is 2.93. The van der Waals surface area contributed by atoms with Crippen molar-refractivity contribution in [3.8, 4) is 0 Å². The largest absolute Gasteiger partial charge is 0.279 e. The molecule has 0 aliphatic rings. The van der Waals surface area contributed by atoms with Gasteiger partial charge in [-0.1, -0.05) is 75.3 Å². The molecule has 1 heterocycles. The molecule has 0 N–H and O–H groups in total. The number of rotatable bonds is 4. The van der Waals surface area contributed by atoms with Crippen LogP contribution >= 0.6 is 27.3 Å². The first-order valence-corrected chi connectivity index (χ1v) is 10.2. The highest BCUT2D eigenvalue weighted by molar-refractivity contribution is 9.10. The van der Waals surface area contributed by atoms with E-state index in [0.29, 0.717) is 17.2 Å². The molecule has 0 bridgehead atoms. The van der Waals surface area contributed by atoms with Crippen molar-refractivity contribution in [3.63, 3.8) is 0 Å². The first kappa shape index (κ1) is 17.9. The Kier molecular flexibility index (Phi) is 5.05. The van der Waals surface area contributed by atoms with E-state index in [9.17, 15) is 4.79 Å². The molecule has 4 rings (SSSR count). The van der Waals surface area contributed by atoms with E-state index in [2.05, 4.69) is 15.9 Å². The molecule has 0 atom stereocenters. The van der Waals surface area contributed by atoms with Gasteiger partial charge in [-0.3, -0.25) is 9.69 Å². The molecule has 0 saturated carbocycles. The second kappa shape index (κ2) is 7.62. The smallest absolute Gasteiger partial charge is 0.260 e. The Morgan fingerprint density at radius 3 is 2.63 bits per heavy atom. The Balaban J connectivity index is 1.77. The van der Waals surface area contributed by atoms with Gasteiger partial charge in [-0.05, 0) is 42.8 Å². The maximum atomic E-state index is 13.3. The van der Waals surface area contributed by atoms with Crippen molar-refractivity contribution in [1.82, 2.24) is 4.98 Å². The van der Waals surface area contributed by atoms with Gasteiger partial charge in [0.25, 0.3) is 5.91 Å². The molecule has 0 spiro atoms. The molecule has 0 aliphatic carbocycles. The quantitative estimate of drug-likeness (QED) is 0.380. The van der Waals surface area contributed by atoms with Gasteiger partial charge in [-0.25, -0.2) is 4.98 Å². The van der Waals surface area contributed by atoms with Gasteiger partial charge < -0.3 is 0 Å². The number of aromatic nitrogens is 1. The summed E-state index contributed by atoms with van der Waals surface area (Å²) in [5.41, 5.74) is 3.70. The Morgan fingerprint density at radius 1 is 1.04 bits per heavy atom. The predicted molar refractivity (Wildman–Crippen MR) is 115 cm³/mol. The number of anilines is 1. The molecule has 134 valence electrons. The number of fused-ring (bicyclic) bond motifs is 1. The topological polar surface area (TPSA) is 33.2 Å². The Bertz CT molecular complexity index is 1110. The van der Waals surface area contributed by atoms with Gasteiger partial charge in [-0.2, -0.15) is 0 Å². The van der Waals surface area contributed by atoms with E-state index in [1.807, 2.05) is 79.7 Å². The number of aryl methyl sites for hydroxylation is 1. The monoisotopic (exact) mass is 436 g/mol. The lowest BCUT2D eigenvalue weighted by Crippen LogP contribution is -2.30. The molecular formula is C22H17BrN2OS. The molecule has 3 aromatic carbocycles. The van der Waals surface area contributed by atoms with Crippen molar-refractivity contribution in [3.05, 3.63) is 94.0 Å². The van der Waals surface area contributed by atoms with E-state index in [4.69, 9.17) is 4.98 Å². The third kappa shape index (κ3) is 3.94. The number of hydrogen-bond acceptors (Lipinski definition) is 3. The number of hydrogen-bond donors (Lipinski definition) is 0. The molecule has 0 aliphatic heterocycles. The summed E-state index contributed by atoms with van der Waals surface area (Å²) in [5, 5.41) is 0.707. The average Bonchev–Trinajstić information content (AvgIpc) is 3.09. The van der Waals surface area contributed by atoms with Crippen molar-refractivity contribution in [2.45, 2.75) is 13.5 Å². The highest BCUT2D eigenvalue weighted by Gasteiger charge is 2.22. The van der Waals surface area contributed by atoms with E-state index in [0.717, 1.165) is 25.8 Å². The average molecular weight is 437 g/mol. The van der Waals surface area contributed by atoms with Gasteiger partial charge in [0.1, 0.15) is 0 Å². The van der Waals surface area contributed by atoms with Gasteiger partial charge in [0.15, 0.2) is 5.13 Å². The van der Waals surface area contributed by atoms with Crippen molar-refractivity contribution < 1.29 is 4.79 Å². The second-order valence-electron chi connectivity index (χ2n) is 6.35. The molecule has 4 aromatic rings. The molecular weight excluding hydrogens is 420 g/mol. The molecule has 1 aromatic heterocycles. The molecule has 0 unspecified atom stereocenters. The Hall–Kier alpha value is -2.50. The van der Waals surface area contributed by atoms with Crippen LogP contribution in [0.2, 0.25) is 0 Å². The normalized spacial score (nSPS) is 10.9. The number of thiazole rings is 1. The van der Waals surface area contributed by atoms with Crippen LogP contribution in [0.3, 0.4) is 0 Å². The summed E-state index contributed by atoms with van der Waals surface area (Å²) >= 11 is 5.03. The number of carbonyl (C=O) groups excluding carboxylic acids is 1. The fourth-order valence-corrected chi connectivity index (χ4v) is 4.44. The Labute approximate surface area is 170 Å². The van der Waals surface area contributed by atoms with Crippen LogP contribution in [0.4, 0.5) is 5.13 Å². The zero-order valence-electron chi connectivity index (χ0n) is 14.7. The number of halogens is 1. The lowest BCUT2D eigenvalue weighted by atomic mass is 10.1. The highest BCUT2D eigenvalue weighted by atomic mass is 79.9. The summed E-state index contributed by atoms with van der Waals surface area (Å²) in [7, 11) is 0. The predicted octanol–water partition coefficient (Wildman–Crippen LogP) is 6.21. The maximum Gasteiger partial charge on any atom is 0.260 e. The van der Waals surface area contributed by atoms with Gasteiger partial charge in [0.2, 0.25) is 0 Å². The molecule has 5 heteroatoms. The van der Waals surface area contributed by atoms with E-state index in [1.165, 1.54) is 11.3 Å². The summed E-state index contributed by atoms with van der Waals surface area (Å²) in [4.78, 5) is 19.8. The van der Waals surface area contributed by atoms with Gasteiger partial charge in [0, 0.05) is 10.0 Å². The van der Waals surface area contributed by atoms with Gasteiger partial charge in [0.05, 0.1) is 16.8 Å². The maximum absolute atomic E-state index is 13.3. The molecule has 3 nitrogen and oxygen atoms in total.